The van der Waals surface area contributed by atoms with Gasteiger partial charge in [0.05, 0.1) is 0 Å². The van der Waals surface area contributed by atoms with Crippen LogP contribution in [-0.2, 0) is 0 Å². The molecule has 0 aromatic heterocycles. The lowest BCUT2D eigenvalue weighted by Gasteiger charge is -2.32. The van der Waals surface area contributed by atoms with Gasteiger partial charge in [-0.25, -0.2) is 0 Å². The van der Waals surface area contributed by atoms with Crippen molar-refractivity contribution >= 4 is 0 Å². The molecule has 0 aliphatic rings. The van der Waals surface area contributed by atoms with Crippen LogP contribution in [0.4, 0.5) is 0 Å². The second-order valence-corrected chi connectivity index (χ2v) is 12.4. The van der Waals surface area contributed by atoms with E-state index in [0.29, 0.717) is 21.7 Å². The fourth-order valence-corrected chi connectivity index (χ4v) is 2.31. The van der Waals surface area contributed by atoms with E-state index < -0.39 is 0 Å². The molecule has 0 heterocycles. The highest BCUT2D eigenvalue weighted by molar-refractivity contribution is 4.75. The first-order valence-corrected chi connectivity index (χ1v) is 9.76. The quantitative estimate of drug-likeness (QED) is 0.470. The highest BCUT2D eigenvalue weighted by Crippen LogP contribution is 2.35. The summed E-state index contributed by atoms with van der Waals surface area (Å²) in [6.45, 7) is 32.6. The molecule has 0 aliphatic heterocycles. The van der Waals surface area contributed by atoms with Crippen molar-refractivity contribution in [1.29, 1.82) is 0 Å². The largest absolute Gasteiger partial charge is 0.0776 e. The summed E-state index contributed by atoms with van der Waals surface area (Å²) in [5.41, 5.74) is 1.92. The normalized spacial score (nSPS) is 15.1. The molecule has 0 N–H and O–H groups in total. The molecule has 0 saturated carbocycles. The van der Waals surface area contributed by atoms with E-state index in [0.717, 1.165) is 11.8 Å². The van der Waals surface area contributed by atoms with Gasteiger partial charge in [0.2, 0.25) is 0 Å². The molecule has 25 heavy (non-hydrogen) atoms. The zero-order valence-electron chi connectivity index (χ0n) is 19.3. The highest BCUT2D eigenvalue weighted by Gasteiger charge is 2.24. The average molecular weight is 359 g/mol. The van der Waals surface area contributed by atoms with Gasteiger partial charge in [0.25, 0.3) is 0 Å². The van der Waals surface area contributed by atoms with Crippen LogP contribution < -0.4 is 0 Å². The van der Waals surface area contributed by atoms with Crippen LogP contribution in [0.3, 0.4) is 0 Å². The van der Waals surface area contributed by atoms with E-state index in [-0.39, 0.29) is 14.9 Å². The van der Waals surface area contributed by atoms with Crippen LogP contribution in [-0.4, -0.2) is 0 Å². The summed E-state index contributed by atoms with van der Waals surface area (Å²) >= 11 is 0. The Morgan fingerprint density at radius 3 is 1.00 bits per heavy atom. The van der Waals surface area contributed by atoms with Crippen molar-refractivity contribution in [2.24, 2.45) is 33.5 Å². The number of hydrogen-bond acceptors (Lipinski definition) is 0. The average Bonchev–Trinajstić information content (AvgIpc) is 2.20. The van der Waals surface area contributed by atoms with Crippen molar-refractivity contribution in [2.45, 2.75) is 131 Å². The maximum atomic E-state index is 2.37. The van der Waals surface area contributed by atoms with Gasteiger partial charge in [-0.05, 0) is 52.8 Å². The van der Waals surface area contributed by atoms with Gasteiger partial charge in [0.15, 0.2) is 0 Å². The van der Waals surface area contributed by atoms with E-state index in [2.05, 4.69) is 96.9 Å². The lowest BCUT2D eigenvalue weighted by Crippen LogP contribution is -2.22. The van der Waals surface area contributed by atoms with E-state index in [1.165, 1.54) is 19.3 Å². The van der Waals surface area contributed by atoms with E-state index >= 15 is 0 Å². The summed E-state index contributed by atoms with van der Waals surface area (Å²) < 4.78 is 0. The Labute approximate surface area is 165 Å². The Bertz CT molecular complexity index is 295. The summed E-state index contributed by atoms with van der Waals surface area (Å²) in [6, 6.07) is 0. The van der Waals surface area contributed by atoms with E-state index in [1.54, 1.807) is 0 Å². The second-order valence-electron chi connectivity index (χ2n) is 12.4. The van der Waals surface area contributed by atoms with E-state index in [4.69, 9.17) is 0 Å². The molecule has 0 amide bonds. The van der Waals surface area contributed by atoms with Gasteiger partial charge in [0.1, 0.15) is 0 Å². The first-order valence-electron chi connectivity index (χ1n) is 9.76. The predicted molar refractivity (Wildman–Crippen MR) is 123 cm³/mol. The van der Waals surface area contributed by atoms with Gasteiger partial charge in [-0.15, -0.1) is 0 Å². The molecular formula is C25H58. The van der Waals surface area contributed by atoms with Crippen LogP contribution in [0.15, 0.2) is 0 Å². The zero-order chi connectivity index (χ0) is 19.3. The molecular weight excluding hydrogens is 300 g/mol. The molecule has 0 saturated heterocycles. The minimum absolute atomic E-state index is 0. The Hall–Kier alpha value is 0. The van der Waals surface area contributed by atoms with Gasteiger partial charge in [-0.2, -0.15) is 0 Å². The molecule has 158 valence electrons. The maximum Gasteiger partial charge on any atom is -0.0357 e. The molecule has 0 aromatic rings. The minimum Gasteiger partial charge on any atom is -0.0776 e. The van der Waals surface area contributed by atoms with Gasteiger partial charge >= 0.3 is 0 Å². The first-order chi connectivity index (χ1) is 9.76. The summed E-state index contributed by atoms with van der Waals surface area (Å²) in [7, 11) is 0. The van der Waals surface area contributed by atoms with Crippen LogP contribution in [0.2, 0.25) is 0 Å². The SMILES string of the molecule is C.C.C[C@H](CC(C)(C)C)C(C)(C)C.C[C@H](CCC(C)(C)C)C(C)(C)C. The number of rotatable bonds is 3. The van der Waals surface area contributed by atoms with Crippen LogP contribution >= 0.6 is 0 Å². The summed E-state index contributed by atoms with van der Waals surface area (Å²) in [4.78, 5) is 0. The Morgan fingerprint density at radius 1 is 0.520 bits per heavy atom. The van der Waals surface area contributed by atoms with Crippen LogP contribution in [0.25, 0.3) is 0 Å². The predicted octanol–water partition coefficient (Wildman–Crippen LogP) is 9.87. The highest BCUT2D eigenvalue weighted by atomic mass is 14.3. The smallest absolute Gasteiger partial charge is 0.0357 e. The van der Waals surface area contributed by atoms with E-state index in [9.17, 15) is 0 Å². The monoisotopic (exact) mass is 358 g/mol. The molecule has 0 heteroatoms. The molecule has 0 aliphatic carbocycles. The summed E-state index contributed by atoms with van der Waals surface area (Å²) in [5, 5.41) is 0. The van der Waals surface area contributed by atoms with Crippen LogP contribution in [0, 0.1) is 33.5 Å². The fraction of sp³-hybridized carbons (Fsp3) is 1.00. The van der Waals surface area contributed by atoms with E-state index in [1.807, 2.05) is 0 Å². The van der Waals surface area contributed by atoms with Crippen molar-refractivity contribution in [3.63, 3.8) is 0 Å². The molecule has 0 aromatic carbocycles. The Kier molecular flexibility index (Phi) is 15.2. The minimum atomic E-state index is 0. The third-order valence-electron chi connectivity index (χ3n) is 5.20. The molecule has 0 spiro atoms. The number of hydrogen-bond donors (Lipinski definition) is 0. The van der Waals surface area contributed by atoms with Crippen molar-refractivity contribution < 1.29 is 0 Å². The summed E-state index contributed by atoms with van der Waals surface area (Å²) in [6.07, 6.45) is 4.01. The van der Waals surface area contributed by atoms with Gasteiger partial charge in [-0.1, -0.05) is 112 Å². The van der Waals surface area contributed by atoms with Crippen molar-refractivity contribution in [2.75, 3.05) is 0 Å². The molecule has 0 fully saturated rings. The lowest BCUT2D eigenvalue weighted by molar-refractivity contribution is 0.182. The zero-order valence-corrected chi connectivity index (χ0v) is 19.3. The molecule has 0 bridgehead atoms. The third-order valence-corrected chi connectivity index (χ3v) is 5.20. The Morgan fingerprint density at radius 2 is 0.840 bits per heavy atom. The third kappa shape index (κ3) is 22.0. The molecule has 0 radical (unpaired) electrons. The van der Waals surface area contributed by atoms with Crippen molar-refractivity contribution in [3.8, 4) is 0 Å². The molecule has 0 nitrogen and oxygen atoms in total. The standard InChI is InChI=1S/C12H26.C11H24.2CH4/c1-10(12(5,6)7)8-9-11(2,3)4;1-9(11(5,6)7)8-10(2,3)4;;/h10H,8-9H2,1-7H3;9H,8H2,1-7H3;2*1H4/t10-;9-;;/m11../s1. The molecule has 0 rings (SSSR count). The maximum absolute atomic E-state index is 2.37. The molecule has 2 atom stereocenters. The van der Waals surface area contributed by atoms with Crippen molar-refractivity contribution in [1.82, 2.24) is 0 Å². The van der Waals surface area contributed by atoms with Crippen molar-refractivity contribution in [3.05, 3.63) is 0 Å². The topological polar surface area (TPSA) is 0 Å². The second kappa shape index (κ2) is 11.7. The van der Waals surface area contributed by atoms with Crippen LogP contribution in [0.1, 0.15) is 131 Å². The van der Waals surface area contributed by atoms with Gasteiger partial charge < -0.3 is 0 Å². The fourth-order valence-electron chi connectivity index (χ4n) is 2.31. The van der Waals surface area contributed by atoms with Crippen LogP contribution in [0.5, 0.6) is 0 Å². The molecule has 0 unspecified atom stereocenters. The van der Waals surface area contributed by atoms with Gasteiger partial charge in [-0.3, -0.25) is 0 Å². The first kappa shape index (κ1) is 32.7. The Balaban J connectivity index is -0.000000164. The van der Waals surface area contributed by atoms with Gasteiger partial charge in [0, 0.05) is 0 Å². The lowest BCUT2D eigenvalue weighted by atomic mass is 9.73. The summed E-state index contributed by atoms with van der Waals surface area (Å²) in [5.74, 6) is 1.64.